The largest absolute Gasteiger partial charge is 0.377 e. The quantitative estimate of drug-likeness (QED) is 0.824. The number of nitrogens with one attached hydrogen (secondary N) is 1. The van der Waals surface area contributed by atoms with Crippen LogP contribution in [0.4, 0.5) is 10.1 Å². The molecule has 1 atom stereocenters. The van der Waals surface area contributed by atoms with Gasteiger partial charge in [0.05, 0.1) is 17.9 Å². The van der Waals surface area contributed by atoms with E-state index in [1.165, 1.54) is 6.07 Å². The van der Waals surface area contributed by atoms with Crippen molar-refractivity contribution in [2.24, 2.45) is 0 Å². The van der Waals surface area contributed by atoms with Crippen molar-refractivity contribution in [3.05, 3.63) is 53.1 Å². The summed E-state index contributed by atoms with van der Waals surface area (Å²) in [6.07, 6.45) is 2.66. The number of nitrogens with zero attached hydrogens (tertiary/aromatic N) is 1. The van der Waals surface area contributed by atoms with Crippen LogP contribution in [0, 0.1) is 5.82 Å². The predicted octanol–water partition coefficient (Wildman–Crippen LogP) is 4.52. The van der Waals surface area contributed by atoms with Gasteiger partial charge in [-0.1, -0.05) is 23.7 Å². The minimum atomic E-state index is -0.136. The van der Waals surface area contributed by atoms with Gasteiger partial charge in [0.1, 0.15) is 11.0 Å². The summed E-state index contributed by atoms with van der Waals surface area (Å²) in [6.45, 7) is 0. The third-order valence-corrected chi connectivity index (χ3v) is 4.48. The van der Waals surface area contributed by atoms with E-state index in [1.807, 2.05) is 12.1 Å². The van der Waals surface area contributed by atoms with Crippen molar-refractivity contribution < 1.29 is 4.39 Å². The van der Waals surface area contributed by atoms with Crippen molar-refractivity contribution in [1.29, 1.82) is 0 Å². The molecule has 2 nitrogen and oxygen atoms in total. The van der Waals surface area contributed by atoms with Crippen molar-refractivity contribution in [2.45, 2.75) is 17.4 Å². The molecule has 1 aliphatic rings. The predicted molar refractivity (Wildman–Crippen MR) is 77.4 cm³/mol. The maximum Gasteiger partial charge on any atom is 0.137 e. The Hall–Kier alpha value is -1.26. The van der Waals surface area contributed by atoms with E-state index in [0.29, 0.717) is 5.15 Å². The normalized spacial score (nSPS) is 17.9. The summed E-state index contributed by atoms with van der Waals surface area (Å²) >= 11 is 7.34. The number of hydrogen-bond acceptors (Lipinski definition) is 3. The highest BCUT2D eigenvalue weighted by Gasteiger charge is 2.22. The van der Waals surface area contributed by atoms with Crippen LogP contribution in [-0.2, 0) is 0 Å². The maximum absolute atomic E-state index is 13.8. The van der Waals surface area contributed by atoms with Gasteiger partial charge in [0.2, 0.25) is 0 Å². The number of aromatic nitrogens is 1. The zero-order valence-corrected chi connectivity index (χ0v) is 11.6. The van der Waals surface area contributed by atoms with Crippen LogP contribution in [0.25, 0.3) is 0 Å². The first kappa shape index (κ1) is 12.8. The second-order valence-corrected chi connectivity index (χ2v) is 5.85. The molecule has 0 radical (unpaired) electrons. The molecular weight excluding hydrogens is 283 g/mol. The minimum absolute atomic E-state index is 0.120. The highest BCUT2D eigenvalue weighted by molar-refractivity contribution is 7.99. The summed E-state index contributed by atoms with van der Waals surface area (Å²) in [6, 6.07) is 9.00. The van der Waals surface area contributed by atoms with Gasteiger partial charge in [0.15, 0.2) is 0 Å². The van der Waals surface area contributed by atoms with Crippen LogP contribution < -0.4 is 5.32 Å². The van der Waals surface area contributed by atoms with Crippen LogP contribution in [0.15, 0.2) is 41.4 Å². The van der Waals surface area contributed by atoms with Crippen LogP contribution >= 0.6 is 23.4 Å². The highest BCUT2D eigenvalue weighted by atomic mass is 35.5. The molecule has 0 saturated carbocycles. The van der Waals surface area contributed by atoms with Gasteiger partial charge in [-0.25, -0.2) is 9.37 Å². The lowest BCUT2D eigenvalue weighted by Crippen LogP contribution is -2.16. The molecule has 1 aromatic heterocycles. The lowest BCUT2D eigenvalue weighted by molar-refractivity contribution is 0.585. The summed E-state index contributed by atoms with van der Waals surface area (Å²) in [4.78, 5) is 4.80. The summed E-state index contributed by atoms with van der Waals surface area (Å²) in [7, 11) is 0. The number of fused-ring (bicyclic) bond motifs is 1. The highest BCUT2D eigenvalue weighted by Crippen LogP contribution is 2.39. The fourth-order valence-corrected chi connectivity index (χ4v) is 3.45. The fourth-order valence-electron chi connectivity index (χ4n) is 2.20. The molecule has 19 heavy (non-hydrogen) atoms. The molecule has 1 unspecified atom stereocenters. The van der Waals surface area contributed by atoms with Crippen molar-refractivity contribution in [1.82, 2.24) is 4.98 Å². The van der Waals surface area contributed by atoms with E-state index >= 15 is 0 Å². The minimum Gasteiger partial charge on any atom is -0.377 e. The van der Waals surface area contributed by atoms with Crippen LogP contribution in [0.1, 0.15) is 18.0 Å². The van der Waals surface area contributed by atoms with Crippen molar-refractivity contribution in [3.8, 4) is 0 Å². The van der Waals surface area contributed by atoms with E-state index in [0.717, 1.165) is 28.3 Å². The van der Waals surface area contributed by atoms with E-state index in [-0.39, 0.29) is 11.9 Å². The second kappa shape index (κ2) is 5.39. The summed E-state index contributed by atoms with van der Waals surface area (Å²) in [5.41, 5.74) is 1.92. The van der Waals surface area contributed by atoms with Crippen molar-refractivity contribution in [2.75, 3.05) is 11.1 Å². The smallest absolute Gasteiger partial charge is 0.137 e. The van der Waals surface area contributed by atoms with Gasteiger partial charge in [0, 0.05) is 10.6 Å². The van der Waals surface area contributed by atoms with Gasteiger partial charge >= 0.3 is 0 Å². The molecule has 0 amide bonds. The Morgan fingerprint density at radius 3 is 3.00 bits per heavy atom. The third-order valence-electron chi connectivity index (χ3n) is 3.09. The molecule has 0 saturated heterocycles. The Morgan fingerprint density at radius 1 is 1.32 bits per heavy atom. The Bertz CT molecular complexity index is 588. The molecule has 1 aromatic carbocycles. The standard InChI is InChI=1S/C14H12ClFN2S/c15-13-5-4-9(8-17-13)18-12-6-7-19-14-10(12)2-1-3-11(14)16/h1-5,8,12,18H,6-7H2. The average Bonchev–Trinajstić information content (AvgIpc) is 2.43. The van der Waals surface area contributed by atoms with Gasteiger partial charge in [0.25, 0.3) is 0 Å². The fraction of sp³-hybridized carbons (Fsp3) is 0.214. The third kappa shape index (κ3) is 2.69. The zero-order chi connectivity index (χ0) is 13.2. The van der Waals surface area contributed by atoms with Gasteiger partial charge in [-0.15, -0.1) is 11.8 Å². The second-order valence-electron chi connectivity index (χ2n) is 4.36. The molecule has 2 aromatic rings. The maximum atomic E-state index is 13.8. The SMILES string of the molecule is Fc1cccc2c1SCCC2Nc1ccc(Cl)nc1. The molecule has 2 heterocycles. The molecule has 3 rings (SSSR count). The molecule has 0 bridgehead atoms. The topological polar surface area (TPSA) is 24.9 Å². The van der Waals surface area contributed by atoms with Gasteiger partial charge in [-0.3, -0.25) is 0 Å². The van der Waals surface area contributed by atoms with Crippen LogP contribution in [0.3, 0.4) is 0 Å². The van der Waals surface area contributed by atoms with Crippen molar-refractivity contribution in [3.63, 3.8) is 0 Å². The zero-order valence-electron chi connectivity index (χ0n) is 10.1. The lowest BCUT2D eigenvalue weighted by atomic mass is 10.0. The average molecular weight is 295 g/mol. The van der Waals surface area contributed by atoms with E-state index < -0.39 is 0 Å². The molecule has 5 heteroatoms. The molecule has 0 fully saturated rings. The summed E-state index contributed by atoms with van der Waals surface area (Å²) < 4.78 is 13.8. The number of rotatable bonds is 2. The summed E-state index contributed by atoms with van der Waals surface area (Å²) in [5.74, 6) is 0.773. The number of halogens is 2. The van der Waals surface area contributed by atoms with Crippen LogP contribution in [0.2, 0.25) is 5.15 Å². The molecule has 0 aliphatic carbocycles. The molecule has 1 N–H and O–H groups in total. The van der Waals surface area contributed by atoms with Gasteiger partial charge in [-0.05, 0) is 30.2 Å². The van der Waals surface area contributed by atoms with Crippen molar-refractivity contribution >= 4 is 29.1 Å². The van der Waals surface area contributed by atoms with E-state index in [2.05, 4.69) is 10.3 Å². The first-order valence-electron chi connectivity index (χ1n) is 6.03. The Balaban J connectivity index is 1.88. The Morgan fingerprint density at radius 2 is 2.21 bits per heavy atom. The Kier molecular flexibility index (Phi) is 3.62. The van der Waals surface area contributed by atoms with Crippen LogP contribution in [-0.4, -0.2) is 10.7 Å². The van der Waals surface area contributed by atoms with E-state index in [4.69, 9.17) is 11.6 Å². The van der Waals surface area contributed by atoms with Gasteiger partial charge < -0.3 is 5.32 Å². The van der Waals surface area contributed by atoms with Gasteiger partial charge in [-0.2, -0.15) is 0 Å². The number of hydrogen-bond donors (Lipinski definition) is 1. The monoisotopic (exact) mass is 294 g/mol. The summed E-state index contributed by atoms with van der Waals surface area (Å²) in [5, 5.41) is 3.86. The number of benzene rings is 1. The van der Waals surface area contributed by atoms with E-state index in [9.17, 15) is 4.39 Å². The van der Waals surface area contributed by atoms with E-state index in [1.54, 1.807) is 30.1 Å². The number of pyridine rings is 1. The molecule has 98 valence electrons. The number of thioether (sulfide) groups is 1. The molecule has 0 spiro atoms. The number of anilines is 1. The first-order chi connectivity index (χ1) is 9.24. The molecular formula is C14H12ClFN2S. The lowest BCUT2D eigenvalue weighted by Gasteiger charge is -2.26. The first-order valence-corrected chi connectivity index (χ1v) is 7.40. The van der Waals surface area contributed by atoms with Crippen LogP contribution in [0.5, 0.6) is 0 Å². The Labute approximate surface area is 120 Å². The molecule has 1 aliphatic heterocycles.